The van der Waals surface area contributed by atoms with Gasteiger partial charge in [-0.2, -0.15) is 0 Å². The van der Waals surface area contributed by atoms with E-state index in [1.165, 1.54) is 12.1 Å². The summed E-state index contributed by atoms with van der Waals surface area (Å²) < 4.78 is 13.7. The molecule has 33 heavy (non-hydrogen) atoms. The van der Waals surface area contributed by atoms with Crippen molar-refractivity contribution in [3.8, 4) is 0 Å². The molecule has 0 atom stereocenters. The van der Waals surface area contributed by atoms with Crippen LogP contribution in [0.1, 0.15) is 11.1 Å². The van der Waals surface area contributed by atoms with Crippen LogP contribution in [0.15, 0.2) is 72.8 Å². The summed E-state index contributed by atoms with van der Waals surface area (Å²) in [5.41, 5.74) is 4.48. The Morgan fingerprint density at radius 3 is 2.33 bits per heavy atom. The smallest absolute Gasteiger partial charge is 0.258 e. The van der Waals surface area contributed by atoms with E-state index in [0.29, 0.717) is 29.1 Å². The van der Waals surface area contributed by atoms with Crippen LogP contribution < -0.4 is 15.5 Å². The topological polar surface area (TPSA) is 64.7 Å². The van der Waals surface area contributed by atoms with E-state index in [1.807, 2.05) is 73.6 Å². The number of hydrogen-bond donors (Lipinski definition) is 2. The minimum absolute atomic E-state index is 0.0146. The largest absolute Gasteiger partial charge is 0.354 e. The van der Waals surface area contributed by atoms with Gasteiger partial charge in [0.05, 0.1) is 23.5 Å². The molecule has 0 aliphatic carbocycles. The van der Waals surface area contributed by atoms with Crippen LogP contribution in [0.3, 0.4) is 0 Å². The normalized spacial score (nSPS) is 14.0. The van der Waals surface area contributed by atoms with Gasteiger partial charge in [-0.3, -0.25) is 9.59 Å². The minimum Gasteiger partial charge on any atom is -0.354 e. The van der Waals surface area contributed by atoms with Crippen LogP contribution in [0, 0.1) is 5.82 Å². The molecule has 1 heterocycles. The van der Waals surface area contributed by atoms with Crippen molar-refractivity contribution in [2.75, 3.05) is 43.2 Å². The van der Waals surface area contributed by atoms with E-state index in [1.54, 1.807) is 18.0 Å². The van der Waals surface area contributed by atoms with Crippen molar-refractivity contribution in [1.29, 1.82) is 0 Å². The molecule has 1 aliphatic rings. The van der Waals surface area contributed by atoms with Gasteiger partial charge in [-0.1, -0.05) is 30.3 Å². The molecule has 0 saturated heterocycles. The molecule has 2 amide bonds. The van der Waals surface area contributed by atoms with Gasteiger partial charge in [-0.25, -0.2) is 4.39 Å². The van der Waals surface area contributed by atoms with Crippen LogP contribution in [0.4, 0.5) is 21.5 Å². The third kappa shape index (κ3) is 4.78. The Labute approximate surface area is 192 Å². The highest BCUT2D eigenvalue weighted by Gasteiger charge is 2.28. The van der Waals surface area contributed by atoms with Crippen LogP contribution in [-0.4, -0.2) is 44.4 Å². The van der Waals surface area contributed by atoms with Gasteiger partial charge in [-0.05, 0) is 62.1 Å². The van der Waals surface area contributed by atoms with Crippen molar-refractivity contribution >= 4 is 40.1 Å². The Balaban J connectivity index is 1.70. The van der Waals surface area contributed by atoms with E-state index in [4.69, 9.17) is 0 Å². The molecule has 2 N–H and O–H groups in total. The Morgan fingerprint density at radius 2 is 1.67 bits per heavy atom. The van der Waals surface area contributed by atoms with E-state index in [2.05, 4.69) is 10.6 Å². The van der Waals surface area contributed by atoms with Crippen molar-refractivity contribution < 1.29 is 14.0 Å². The third-order valence-corrected chi connectivity index (χ3v) is 5.39. The predicted octanol–water partition coefficient (Wildman–Crippen LogP) is 4.28. The van der Waals surface area contributed by atoms with Gasteiger partial charge in [0.25, 0.3) is 5.91 Å². The van der Waals surface area contributed by atoms with Crippen molar-refractivity contribution in [1.82, 2.24) is 4.90 Å². The SMILES string of the molecule is CN(C)CC(=O)N(C)c1ccc(N/C(=C2\C(=O)Nc3cc(F)ccc32)c2ccccc2)cc1. The number of carbonyl (C=O) groups is 2. The molecule has 1 aliphatic heterocycles. The van der Waals surface area contributed by atoms with Gasteiger partial charge in [-0.15, -0.1) is 0 Å². The molecule has 4 rings (SSSR count). The number of rotatable bonds is 6. The Bertz CT molecular complexity index is 1220. The lowest BCUT2D eigenvalue weighted by atomic mass is 10.00. The van der Waals surface area contributed by atoms with Crippen LogP contribution >= 0.6 is 0 Å². The number of halogens is 1. The molecule has 3 aromatic carbocycles. The monoisotopic (exact) mass is 444 g/mol. The van der Waals surface area contributed by atoms with E-state index in [-0.39, 0.29) is 11.8 Å². The van der Waals surface area contributed by atoms with E-state index >= 15 is 0 Å². The lowest BCUT2D eigenvalue weighted by molar-refractivity contribution is -0.119. The van der Waals surface area contributed by atoms with Gasteiger partial charge in [0, 0.05) is 24.0 Å². The first kappa shape index (κ1) is 22.2. The van der Waals surface area contributed by atoms with Crippen LogP contribution in [0.25, 0.3) is 11.3 Å². The Morgan fingerprint density at radius 1 is 0.970 bits per heavy atom. The molecule has 0 fully saturated rings. The van der Waals surface area contributed by atoms with Crippen LogP contribution in [-0.2, 0) is 9.59 Å². The van der Waals surface area contributed by atoms with E-state index in [0.717, 1.165) is 16.9 Å². The average Bonchev–Trinajstić information content (AvgIpc) is 3.12. The molecule has 0 unspecified atom stereocenters. The highest BCUT2D eigenvalue weighted by molar-refractivity contribution is 6.37. The second-order valence-electron chi connectivity index (χ2n) is 8.12. The Kier molecular flexibility index (Phi) is 6.24. The summed E-state index contributed by atoms with van der Waals surface area (Å²) in [4.78, 5) is 28.6. The van der Waals surface area contributed by atoms with Crippen molar-refractivity contribution in [3.05, 3.63) is 89.7 Å². The summed E-state index contributed by atoms with van der Waals surface area (Å²) in [6.07, 6.45) is 0. The number of carbonyl (C=O) groups excluding carboxylic acids is 2. The standard InChI is InChI=1S/C26H25FN4O2/c1-30(2)16-23(32)31(3)20-12-10-19(11-13-20)28-25(17-7-5-4-6-8-17)24-21-14-9-18(27)15-22(21)29-26(24)33/h4-15,28H,16H2,1-3H3,(H,29,33)/b25-24-. The molecular weight excluding hydrogens is 419 g/mol. The molecule has 7 heteroatoms. The zero-order chi connectivity index (χ0) is 23.5. The maximum absolute atomic E-state index is 13.7. The van der Waals surface area contributed by atoms with Gasteiger partial charge >= 0.3 is 0 Å². The number of amides is 2. The third-order valence-electron chi connectivity index (χ3n) is 5.39. The fourth-order valence-corrected chi connectivity index (χ4v) is 3.71. The fourth-order valence-electron chi connectivity index (χ4n) is 3.71. The van der Waals surface area contributed by atoms with Gasteiger partial charge in [0.2, 0.25) is 5.91 Å². The predicted molar refractivity (Wildman–Crippen MR) is 130 cm³/mol. The molecular formula is C26H25FN4O2. The van der Waals surface area contributed by atoms with Crippen LogP contribution in [0.2, 0.25) is 0 Å². The molecule has 0 saturated carbocycles. The van der Waals surface area contributed by atoms with Crippen molar-refractivity contribution in [3.63, 3.8) is 0 Å². The molecule has 3 aromatic rings. The average molecular weight is 445 g/mol. The highest BCUT2D eigenvalue weighted by Crippen LogP contribution is 2.38. The number of fused-ring (bicyclic) bond motifs is 1. The zero-order valence-corrected chi connectivity index (χ0v) is 18.7. The quantitative estimate of drug-likeness (QED) is 0.557. The Hall–Kier alpha value is -3.97. The second-order valence-corrected chi connectivity index (χ2v) is 8.12. The van der Waals surface area contributed by atoms with E-state index in [9.17, 15) is 14.0 Å². The first-order valence-electron chi connectivity index (χ1n) is 10.5. The fraction of sp³-hybridized carbons (Fsp3) is 0.154. The van der Waals surface area contributed by atoms with Crippen molar-refractivity contribution in [2.24, 2.45) is 0 Å². The lowest BCUT2D eigenvalue weighted by Gasteiger charge is -2.20. The molecule has 168 valence electrons. The number of anilines is 3. The summed E-state index contributed by atoms with van der Waals surface area (Å²) in [6, 6.07) is 21.2. The number of hydrogen-bond acceptors (Lipinski definition) is 4. The molecule has 6 nitrogen and oxygen atoms in total. The van der Waals surface area contributed by atoms with Crippen molar-refractivity contribution in [2.45, 2.75) is 0 Å². The number of benzene rings is 3. The summed E-state index contributed by atoms with van der Waals surface area (Å²) >= 11 is 0. The van der Waals surface area contributed by atoms with Gasteiger partial charge < -0.3 is 20.4 Å². The first-order valence-corrected chi connectivity index (χ1v) is 10.5. The minimum atomic E-state index is -0.409. The first-order chi connectivity index (χ1) is 15.8. The number of likely N-dealkylation sites (N-methyl/N-ethyl adjacent to an activating group) is 2. The maximum Gasteiger partial charge on any atom is 0.258 e. The summed E-state index contributed by atoms with van der Waals surface area (Å²) in [6.45, 7) is 0.315. The number of nitrogens with zero attached hydrogens (tertiary/aromatic N) is 2. The summed E-state index contributed by atoms with van der Waals surface area (Å²) in [5, 5.41) is 6.12. The lowest BCUT2D eigenvalue weighted by Crippen LogP contribution is -2.34. The molecule has 0 spiro atoms. The molecule has 0 aromatic heterocycles. The second kappa shape index (κ2) is 9.26. The number of nitrogens with one attached hydrogen (secondary N) is 2. The molecule has 0 radical (unpaired) electrons. The van der Waals surface area contributed by atoms with Gasteiger partial charge in [0.1, 0.15) is 5.82 Å². The highest BCUT2D eigenvalue weighted by atomic mass is 19.1. The van der Waals surface area contributed by atoms with E-state index < -0.39 is 5.82 Å². The summed E-state index contributed by atoms with van der Waals surface area (Å²) in [7, 11) is 5.44. The van der Waals surface area contributed by atoms with Crippen LogP contribution in [0.5, 0.6) is 0 Å². The summed E-state index contributed by atoms with van der Waals surface area (Å²) in [5.74, 6) is -0.722. The molecule has 0 bridgehead atoms. The zero-order valence-electron chi connectivity index (χ0n) is 18.7. The van der Waals surface area contributed by atoms with Gasteiger partial charge in [0.15, 0.2) is 0 Å². The maximum atomic E-state index is 13.7.